The molecule has 6 aromatic heterocycles. The van der Waals surface area contributed by atoms with Crippen molar-refractivity contribution in [1.82, 2.24) is 59.8 Å². The van der Waals surface area contributed by atoms with E-state index in [1.165, 1.54) is 0 Å². The highest BCUT2D eigenvalue weighted by Gasteiger charge is 2.25. The third-order valence-electron chi connectivity index (χ3n) is 19.5. The molecular formula is C97H59N13O2. The van der Waals surface area contributed by atoms with Crippen molar-refractivity contribution in [2.24, 2.45) is 0 Å². The first-order valence-corrected chi connectivity index (χ1v) is 36.4. The molecular weight excluding hydrogens is 1380 g/mol. The molecule has 0 saturated carbocycles. The van der Waals surface area contributed by atoms with Gasteiger partial charge in [-0.1, -0.05) is 334 Å². The molecule has 0 aliphatic rings. The maximum absolute atomic E-state index is 7.28. The van der Waals surface area contributed by atoms with Crippen molar-refractivity contribution in [2.45, 2.75) is 0 Å². The third kappa shape index (κ3) is 13.3. The molecule has 6 heterocycles. The van der Waals surface area contributed by atoms with Crippen LogP contribution in [0.15, 0.2) is 367 Å². The van der Waals surface area contributed by atoms with E-state index in [0.29, 0.717) is 97.9 Å². The van der Waals surface area contributed by atoms with Gasteiger partial charge in [0.15, 0.2) is 75.6 Å². The third-order valence-corrected chi connectivity index (χ3v) is 19.5. The summed E-state index contributed by atoms with van der Waals surface area (Å²) in [4.78, 5) is 63.6. The average Bonchev–Trinajstić information content (AvgIpc) is 1.58. The first-order valence-electron chi connectivity index (χ1n) is 36.4. The first kappa shape index (κ1) is 66.9. The zero-order valence-corrected chi connectivity index (χ0v) is 59.7. The lowest BCUT2D eigenvalue weighted by Crippen LogP contribution is -2.00. The molecule has 0 radical (unpaired) electrons. The Hall–Kier alpha value is -15.8. The predicted molar refractivity (Wildman–Crippen MR) is 443 cm³/mol. The summed E-state index contributed by atoms with van der Waals surface area (Å²) in [6, 6.07) is 118. The monoisotopic (exact) mass is 1440 g/mol. The highest BCUT2D eigenvalue weighted by molar-refractivity contribution is 6.16. The smallest absolute Gasteiger partial charge is 0.187 e. The lowest BCUT2D eigenvalue weighted by atomic mass is 10.0. The number of rotatable bonds is 14. The Kier molecular flexibility index (Phi) is 17.6. The number of para-hydroxylation sites is 2. The summed E-state index contributed by atoms with van der Waals surface area (Å²) >= 11 is 0. The van der Waals surface area contributed by atoms with Crippen LogP contribution in [-0.4, -0.2) is 59.8 Å². The van der Waals surface area contributed by atoms with Gasteiger partial charge in [0, 0.05) is 77.2 Å². The van der Waals surface area contributed by atoms with Crippen LogP contribution in [0.25, 0.3) is 208 Å². The van der Waals surface area contributed by atoms with Crippen LogP contribution in [0.5, 0.6) is 0 Å². The molecule has 15 heteroatoms. The largest absolute Gasteiger partial charge is 0.455 e. The second-order valence-corrected chi connectivity index (χ2v) is 26.5. The minimum absolute atomic E-state index is 0.508. The summed E-state index contributed by atoms with van der Waals surface area (Å²) in [7, 11) is 0. The van der Waals surface area contributed by atoms with Gasteiger partial charge < -0.3 is 8.83 Å². The van der Waals surface area contributed by atoms with Gasteiger partial charge >= 0.3 is 0 Å². The zero-order chi connectivity index (χ0) is 74.7. The Morgan fingerprint density at radius 2 is 0.384 bits per heavy atom. The van der Waals surface area contributed by atoms with Crippen molar-refractivity contribution in [2.75, 3.05) is 0 Å². The minimum atomic E-state index is 0.508. The highest BCUT2D eigenvalue weighted by atomic mass is 16.3. The number of nitrogens with zero attached hydrogens (tertiary/aromatic N) is 13. The number of hydrogen-bond acceptors (Lipinski definition) is 14. The van der Waals surface area contributed by atoms with E-state index in [9.17, 15) is 0 Å². The van der Waals surface area contributed by atoms with Crippen LogP contribution in [0.3, 0.4) is 0 Å². The molecule has 20 aromatic rings. The second-order valence-electron chi connectivity index (χ2n) is 26.5. The fraction of sp³-hybridized carbons (Fsp3) is 0. The van der Waals surface area contributed by atoms with E-state index in [4.69, 9.17) is 75.2 Å². The van der Waals surface area contributed by atoms with Crippen molar-refractivity contribution in [1.29, 1.82) is 0 Å². The van der Waals surface area contributed by atoms with Crippen LogP contribution in [0, 0.1) is 6.57 Å². The molecule has 14 aromatic carbocycles. The molecule has 15 nitrogen and oxygen atoms in total. The summed E-state index contributed by atoms with van der Waals surface area (Å²) < 4.78 is 13.4. The van der Waals surface area contributed by atoms with E-state index < -0.39 is 0 Å². The van der Waals surface area contributed by atoms with Gasteiger partial charge in [0.05, 0.1) is 17.7 Å². The molecule has 0 saturated heterocycles. The van der Waals surface area contributed by atoms with Gasteiger partial charge in [-0.3, -0.25) is 0 Å². The molecule has 524 valence electrons. The van der Waals surface area contributed by atoms with Gasteiger partial charge in [0.1, 0.15) is 22.3 Å². The Morgan fingerprint density at radius 1 is 0.179 bits per heavy atom. The molecule has 0 spiro atoms. The van der Waals surface area contributed by atoms with E-state index >= 15 is 0 Å². The Bertz CT molecular complexity index is 6780. The van der Waals surface area contributed by atoms with Crippen LogP contribution in [0.1, 0.15) is 0 Å². The van der Waals surface area contributed by atoms with Crippen molar-refractivity contribution >= 4 is 49.6 Å². The molecule has 0 N–H and O–H groups in total. The maximum Gasteiger partial charge on any atom is 0.187 e. The van der Waals surface area contributed by atoms with Gasteiger partial charge in [-0.05, 0) is 46.5 Å². The molecule has 20 rings (SSSR count). The van der Waals surface area contributed by atoms with E-state index in [2.05, 4.69) is 53.4 Å². The van der Waals surface area contributed by atoms with Crippen LogP contribution in [-0.2, 0) is 0 Å². The molecule has 112 heavy (non-hydrogen) atoms. The SMILES string of the molecule is [C-]#[N+]c1ccc(-c2ccc(-c3nc(-c4ccccc4)nc(-c4cccc5oc6c(-c7nc(-c8ccccc8)nc(-c8ccccc8)n7)cccc6c45)n3)cc2)cc1.c1ccc(-c2ccc(-c3nc(-c4ccccc4)nc(-c4cccc5oc6c(-c7nc(-c8ccccc8)nc(-c8ccccc8)n7)cccc6c45)n3)cc2)cc1. The molecule has 0 amide bonds. The van der Waals surface area contributed by atoms with Crippen molar-refractivity contribution in [3.05, 3.63) is 369 Å². The summed E-state index contributed by atoms with van der Waals surface area (Å²) in [5.74, 6) is 6.70. The standard InChI is InChI=1S/C49H29N7O.C48H30N6O/c1-50-37-29-27-32(28-30-37)31-23-25-36(26-24-31)47-52-44(33-13-5-2-6-14-33)53-48(54-47)39-20-12-22-41-42(39)38-19-11-21-40(43(38)57-41)49-55-45(34-15-7-3-8-16-34)51-46(56-49)35-17-9-4-10-18-35;1-5-15-31(16-6-1)32-27-29-36(30-28-32)46-50-43(33-17-7-2-8-18-33)51-47(52-46)38-24-14-26-40-41(38)37-23-13-25-39(42(37)55-40)48-53-44(34-19-9-3-10-20-34)49-45(54-48)35-21-11-4-12-22-35/h2-30H;1-30H. The Morgan fingerprint density at radius 3 is 0.661 bits per heavy atom. The van der Waals surface area contributed by atoms with Crippen molar-refractivity contribution in [3.63, 3.8) is 0 Å². The van der Waals surface area contributed by atoms with Crippen molar-refractivity contribution in [3.8, 4) is 159 Å². The van der Waals surface area contributed by atoms with Crippen LogP contribution < -0.4 is 0 Å². The molecule has 0 aliphatic carbocycles. The van der Waals surface area contributed by atoms with Crippen LogP contribution in [0.4, 0.5) is 5.69 Å². The number of aromatic nitrogens is 12. The minimum Gasteiger partial charge on any atom is -0.455 e. The molecule has 0 bridgehead atoms. The van der Waals surface area contributed by atoms with Crippen LogP contribution >= 0.6 is 0 Å². The molecule has 0 fully saturated rings. The van der Waals surface area contributed by atoms with Crippen molar-refractivity contribution < 1.29 is 8.83 Å². The van der Waals surface area contributed by atoms with E-state index in [1.807, 2.05) is 309 Å². The summed E-state index contributed by atoms with van der Waals surface area (Å²) in [5.41, 5.74) is 17.9. The normalized spacial score (nSPS) is 11.2. The Balaban J connectivity index is 0.000000151. The number of hydrogen-bond donors (Lipinski definition) is 0. The van der Waals surface area contributed by atoms with Crippen LogP contribution in [0.2, 0.25) is 0 Å². The van der Waals surface area contributed by atoms with E-state index in [-0.39, 0.29) is 0 Å². The number of furan rings is 2. The number of fused-ring (bicyclic) bond motifs is 6. The van der Waals surface area contributed by atoms with Gasteiger partial charge in [-0.25, -0.2) is 64.7 Å². The summed E-state index contributed by atoms with van der Waals surface area (Å²) in [6.07, 6.45) is 0. The van der Waals surface area contributed by atoms with E-state index in [1.54, 1.807) is 0 Å². The maximum atomic E-state index is 7.28. The quantitative estimate of drug-likeness (QED) is 0.0936. The van der Waals surface area contributed by atoms with Gasteiger partial charge in [-0.2, -0.15) is 0 Å². The van der Waals surface area contributed by atoms with Gasteiger partial charge in [-0.15, -0.1) is 0 Å². The average molecular weight is 1440 g/mol. The topological polar surface area (TPSA) is 185 Å². The van der Waals surface area contributed by atoms with Gasteiger partial charge in [0.25, 0.3) is 0 Å². The van der Waals surface area contributed by atoms with E-state index in [0.717, 1.165) is 111 Å². The first-order chi connectivity index (χ1) is 55.4. The zero-order valence-electron chi connectivity index (χ0n) is 59.7. The summed E-state index contributed by atoms with van der Waals surface area (Å²) in [6.45, 7) is 7.28. The molecule has 0 unspecified atom stereocenters. The lowest BCUT2D eigenvalue weighted by molar-refractivity contribution is 0.669. The Labute approximate surface area is 642 Å². The second kappa shape index (κ2) is 29.5. The fourth-order valence-corrected chi connectivity index (χ4v) is 13.9. The highest BCUT2D eigenvalue weighted by Crippen LogP contribution is 2.43. The number of benzene rings is 14. The fourth-order valence-electron chi connectivity index (χ4n) is 13.9. The van der Waals surface area contributed by atoms with Gasteiger partial charge in [0.2, 0.25) is 0 Å². The predicted octanol–water partition coefficient (Wildman–Crippen LogP) is 23.8. The lowest BCUT2D eigenvalue weighted by Gasteiger charge is -2.10. The molecule has 0 aliphatic heterocycles. The molecule has 0 atom stereocenters. The summed E-state index contributed by atoms with van der Waals surface area (Å²) in [5, 5.41) is 3.57.